The third-order valence-electron chi connectivity index (χ3n) is 3.49. The molecule has 6 nitrogen and oxygen atoms in total. The van der Waals surface area contributed by atoms with E-state index in [1.165, 1.54) is 7.05 Å². The van der Waals surface area contributed by atoms with Crippen LogP contribution in [0, 0.1) is 0 Å². The van der Waals surface area contributed by atoms with Crippen LogP contribution in [-0.2, 0) is 4.74 Å². The Morgan fingerprint density at radius 1 is 1.26 bits per heavy atom. The number of aliphatic hydroxyl groups excluding tert-OH is 1. The van der Waals surface area contributed by atoms with Crippen LogP contribution in [-0.4, -0.2) is 54.2 Å². The van der Waals surface area contributed by atoms with Crippen molar-refractivity contribution in [3.8, 4) is 0 Å². The first-order valence-corrected chi connectivity index (χ1v) is 6.06. The van der Waals surface area contributed by atoms with Gasteiger partial charge < -0.3 is 15.2 Å². The van der Waals surface area contributed by atoms with Crippen molar-refractivity contribution in [1.82, 2.24) is 4.90 Å². The van der Waals surface area contributed by atoms with Gasteiger partial charge >= 0.3 is 0 Å². The maximum atomic E-state index is 11.9. The Bertz CT molecular complexity index is 558. The number of aliphatic hydroxyl groups is 1. The highest BCUT2D eigenvalue weighted by molar-refractivity contribution is 6.21. The van der Waals surface area contributed by atoms with Crippen LogP contribution in [0.4, 0.5) is 5.69 Å². The van der Waals surface area contributed by atoms with E-state index in [9.17, 15) is 14.7 Å². The van der Waals surface area contributed by atoms with Crippen molar-refractivity contribution in [3.05, 3.63) is 29.3 Å². The average molecular weight is 262 g/mol. The molecule has 2 aliphatic rings. The number of carbonyl (C=O) groups is 2. The van der Waals surface area contributed by atoms with Gasteiger partial charge in [0.2, 0.25) is 0 Å². The molecule has 0 bridgehead atoms. The monoisotopic (exact) mass is 262 g/mol. The molecule has 2 heterocycles. The van der Waals surface area contributed by atoms with Gasteiger partial charge in [-0.2, -0.15) is 0 Å². The van der Waals surface area contributed by atoms with E-state index in [-0.39, 0.29) is 17.9 Å². The minimum Gasteiger partial charge on any atom is -0.388 e. The first-order valence-electron chi connectivity index (χ1n) is 6.06. The summed E-state index contributed by atoms with van der Waals surface area (Å²) in [7, 11) is 1.46. The predicted octanol–water partition coefficient (Wildman–Crippen LogP) is 0.0840. The number of nitrogens with zero attached hydrogens (tertiary/aromatic N) is 1. The summed E-state index contributed by atoms with van der Waals surface area (Å²) in [6.07, 6.45) is -0.562. The molecule has 0 aromatic heterocycles. The van der Waals surface area contributed by atoms with Crippen LogP contribution in [0.3, 0.4) is 0 Å². The van der Waals surface area contributed by atoms with Gasteiger partial charge in [0.05, 0.1) is 36.5 Å². The van der Waals surface area contributed by atoms with Crippen LogP contribution >= 0.6 is 0 Å². The lowest BCUT2D eigenvalue weighted by Gasteiger charge is -2.16. The minimum atomic E-state index is -0.562. The topological polar surface area (TPSA) is 78.9 Å². The van der Waals surface area contributed by atoms with Crippen LogP contribution in [0.2, 0.25) is 0 Å². The van der Waals surface area contributed by atoms with Gasteiger partial charge in [-0.25, -0.2) is 0 Å². The van der Waals surface area contributed by atoms with Crippen LogP contribution in [0.25, 0.3) is 0 Å². The lowest BCUT2D eigenvalue weighted by Crippen LogP contribution is -2.31. The number of ether oxygens (including phenoxy) is 1. The Hall–Kier alpha value is -1.92. The molecule has 1 aromatic carbocycles. The fraction of sp³-hybridized carbons (Fsp3) is 0.385. The van der Waals surface area contributed by atoms with Crippen LogP contribution in [0.15, 0.2) is 18.2 Å². The minimum absolute atomic E-state index is 0.192. The van der Waals surface area contributed by atoms with Crippen molar-refractivity contribution in [2.45, 2.75) is 12.1 Å². The van der Waals surface area contributed by atoms with Crippen molar-refractivity contribution >= 4 is 17.5 Å². The molecule has 100 valence electrons. The maximum absolute atomic E-state index is 11.9. The van der Waals surface area contributed by atoms with Crippen LogP contribution in [0.1, 0.15) is 20.7 Å². The highest BCUT2D eigenvalue weighted by Crippen LogP contribution is 2.25. The second-order valence-corrected chi connectivity index (χ2v) is 4.79. The summed E-state index contributed by atoms with van der Waals surface area (Å²) in [6, 6.07) is 4.81. The first-order chi connectivity index (χ1) is 9.08. The standard InChI is InChI=1S/C13H14N2O4/c1-15-12(17)8-3-2-7(4-9(8)13(15)18)14-10-5-19-6-11(10)16/h2-4,10-11,14,16H,5-6H2,1H3. The van der Waals surface area contributed by atoms with Gasteiger partial charge in [0.1, 0.15) is 0 Å². The lowest BCUT2D eigenvalue weighted by molar-refractivity contribution is 0.0693. The molecule has 2 N–H and O–H groups in total. The molecule has 0 saturated carbocycles. The van der Waals surface area contributed by atoms with Gasteiger partial charge in [-0.15, -0.1) is 0 Å². The Balaban J connectivity index is 1.87. The fourth-order valence-electron chi connectivity index (χ4n) is 2.35. The summed E-state index contributed by atoms with van der Waals surface area (Å²) < 4.78 is 5.15. The number of hydrogen-bond donors (Lipinski definition) is 2. The Kier molecular flexibility index (Phi) is 2.76. The Labute approximate surface area is 110 Å². The quantitative estimate of drug-likeness (QED) is 0.738. The second kappa shape index (κ2) is 4.32. The maximum Gasteiger partial charge on any atom is 0.261 e. The van der Waals surface area contributed by atoms with Gasteiger partial charge in [-0.1, -0.05) is 0 Å². The third-order valence-corrected chi connectivity index (χ3v) is 3.49. The van der Waals surface area contributed by atoms with Crippen LogP contribution in [0.5, 0.6) is 0 Å². The SMILES string of the molecule is CN1C(=O)c2ccc(NC3COCC3O)cc2C1=O. The summed E-state index contributed by atoms with van der Waals surface area (Å²) in [4.78, 5) is 24.7. The summed E-state index contributed by atoms with van der Waals surface area (Å²) in [5.74, 6) is -0.581. The number of benzene rings is 1. The Morgan fingerprint density at radius 3 is 2.68 bits per heavy atom. The van der Waals surface area contributed by atoms with Crippen molar-refractivity contribution < 1.29 is 19.4 Å². The summed E-state index contributed by atoms with van der Waals surface area (Å²) in [6.45, 7) is 0.730. The number of amides is 2. The molecule has 3 rings (SSSR count). The first kappa shape index (κ1) is 12.1. The molecular weight excluding hydrogens is 248 g/mol. The molecule has 19 heavy (non-hydrogen) atoms. The van der Waals surface area contributed by atoms with Crippen molar-refractivity contribution in [2.75, 3.05) is 25.6 Å². The van der Waals surface area contributed by atoms with Gasteiger partial charge in [-0.05, 0) is 18.2 Å². The molecule has 1 fully saturated rings. The van der Waals surface area contributed by atoms with Gasteiger partial charge in [0.25, 0.3) is 11.8 Å². The molecule has 0 radical (unpaired) electrons. The van der Waals surface area contributed by atoms with E-state index in [1.807, 2.05) is 0 Å². The van der Waals surface area contributed by atoms with E-state index in [0.29, 0.717) is 30.0 Å². The van der Waals surface area contributed by atoms with E-state index in [0.717, 1.165) is 4.90 Å². The molecule has 0 aliphatic carbocycles. The van der Waals surface area contributed by atoms with Gasteiger partial charge in [-0.3, -0.25) is 14.5 Å². The largest absolute Gasteiger partial charge is 0.388 e. The van der Waals surface area contributed by atoms with Gasteiger partial charge in [0, 0.05) is 12.7 Å². The van der Waals surface area contributed by atoms with E-state index < -0.39 is 6.10 Å². The molecule has 6 heteroatoms. The smallest absolute Gasteiger partial charge is 0.261 e. The molecule has 2 aliphatic heterocycles. The van der Waals surface area contributed by atoms with Crippen molar-refractivity contribution in [1.29, 1.82) is 0 Å². The van der Waals surface area contributed by atoms with Crippen molar-refractivity contribution in [2.24, 2.45) is 0 Å². The van der Waals surface area contributed by atoms with E-state index >= 15 is 0 Å². The molecular formula is C13H14N2O4. The lowest BCUT2D eigenvalue weighted by atomic mass is 10.1. The number of fused-ring (bicyclic) bond motifs is 1. The number of rotatable bonds is 2. The summed E-state index contributed by atoms with van der Waals surface area (Å²) >= 11 is 0. The van der Waals surface area contributed by atoms with Gasteiger partial charge in [0.15, 0.2) is 0 Å². The molecule has 0 spiro atoms. The van der Waals surface area contributed by atoms with Crippen molar-refractivity contribution in [3.63, 3.8) is 0 Å². The zero-order valence-electron chi connectivity index (χ0n) is 10.4. The molecule has 1 saturated heterocycles. The number of imide groups is 1. The highest BCUT2D eigenvalue weighted by atomic mass is 16.5. The normalized spacial score (nSPS) is 25.9. The number of nitrogens with one attached hydrogen (secondary N) is 1. The van der Waals surface area contributed by atoms with E-state index in [1.54, 1.807) is 18.2 Å². The fourth-order valence-corrected chi connectivity index (χ4v) is 2.35. The molecule has 2 amide bonds. The van der Waals surface area contributed by atoms with Crippen LogP contribution < -0.4 is 5.32 Å². The molecule has 2 unspecified atom stereocenters. The molecule has 2 atom stereocenters. The summed E-state index contributed by atoms with van der Waals surface area (Å²) in [5, 5.41) is 12.8. The zero-order valence-corrected chi connectivity index (χ0v) is 10.4. The third kappa shape index (κ3) is 1.89. The van der Waals surface area contributed by atoms with E-state index in [2.05, 4.69) is 5.32 Å². The number of anilines is 1. The summed E-state index contributed by atoms with van der Waals surface area (Å²) in [5.41, 5.74) is 1.51. The highest BCUT2D eigenvalue weighted by Gasteiger charge is 2.33. The second-order valence-electron chi connectivity index (χ2n) is 4.79. The Morgan fingerprint density at radius 2 is 2.00 bits per heavy atom. The van der Waals surface area contributed by atoms with E-state index in [4.69, 9.17) is 4.74 Å². The zero-order chi connectivity index (χ0) is 13.6. The number of carbonyl (C=O) groups excluding carboxylic acids is 2. The molecule has 1 aromatic rings. The predicted molar refractivity (Wildman–Crippen MR) is 67.1 cm³/mol. The number of hydrogen-bond acceptors (Lipinski definition) is 5. The average Bonchev–Trinajstić information content (AvgIpc) is 2.89.